The van der Waals surface area contributed by atoms with E-state index < -0.39 is 0 Å². The Morgan fingerprint density at radius 3 is 2.52 bits per heavy atom. The van der Waals surface area contributed by atoms with Gasteiger partial charge in [0.05, 0.1) is 20.3 Å². The van der Waals surface area contributed by atoms with E-state index in [2.05, 4.69) is 39.6 Å². The number of nitrogens with zero attached hydrogens (tertiary/aromatic N) is 5. The lowest BCUT2D eigenvalue weighted by atomic mass is 10.0. The van der Waals surface area contributed by atoms with Gasteiger partial charge in [-0.1, -0.05) is 42.5 Å². The SMILES string of the molecule is COc1ccc(C2CCCN2Cn2nnn(Cc3ccccc3)c2=S)cc1. The first-order valence-corrected chi connectivity index (χ1v) is 9.58. The number of methoxy groups -OCH3 is 1. The Morgan fingerprint density at radius 1 is 1.04 bits per heavy atom. The summed E-state index contributed by atoms with van der Waals surface area (Å²) in [7, 11) is 1.69. The molecule has 1 atom stereocenters. The van der Waals surface area contributed by atoms with Crippen LogP contribution in [0.3, 0.4) is 0 Å². The molecule has 1 unspecified atom stereocenters. The first-order valence-electron chi connectivity index (χ1n) is 9.17. The van der Waals surface area contributed by atoms with Crippen molar-refractivity contribution in [2.45, 2.75) is 32.1 Å². The number of aromatic nitrogens is 4. The second kappa shape index (κ2) is 8.02. The van der Waals surface area contributed by atoms with Crippen LogP contribution in [-0.2, 0) is 13.2 Å². The number of hydrogen-bond acceptors (Lipinski definition) is 5. The number of tetrazole rings is 1. The van der Waals surface area contributed by atoms with Gasteiger partial charge in [0, 0.05) is 12.6 Å². The van der Waals surface area contributed by atoms with Crippen LogP contribution in [-0.4, -0.2) is 38.3 Å². The molecule has 1 fully saturated rings. The van der Waals surface area contributed by atoms with Gasteiger partial charge in [-0.15, -0.1) is 0 Å². The Labute approximate surface area is 164 Å². The maximum Gasteiger partial charge on any atom is 0.217 e. The molecular weight excluding hydrogens is 358 g/mol. The minimum Gasteiger partial charge on any atom is -0.497 e. The Kier molecular flexibility index (Phi) is 5.31. The fourth-order valence-electron chi connectivity index (χ4n) is 3.62. The molecule has 1 aliphatic heterocycles. The largest absolute Gasteiger partial charge is 0.497 e. The predicted octanol–water partition coefficient (Wildman–Crippen LogP) is 3.66. The highest BCUT2D eigenvalue weighted by Crippen LogP contribution is 2.32. The summed E-state index contributed by atoms with van der Waals surface area (Å²) in [5.74, 6) is 0.884. The molecule has 0 N–H and O–H groups in total. The minimum absolute atomic E-state index is 0.372. The van der Waals surface area contributed by atoms with Gasteiger partial charge in [-0.2, -0.15) is 0 Å². The monoisotopic (exact) mass is 381 g/mol. The summed E-state index contributed by atoms with van der Waals surface area (Å²) >= 11 is 5.60. The molecule has 140 valence electrons. The molecule has 2 aromatic carbocycles. The average molecular weight is 382 g/mol. The molecule has 0 saturated carbocycles. The summed E-state index contributed by atoms with van der Waals surface area (Å²) in [6, 6.07) is 18.9. The third-order valence-corrected chi connectivity index (χ3v) is 5.47. The van der Waals surface area contributed by atoms with Crippen molar-refractivity contribution in [3.8, 4) is 5.75 Å². The summed E-state index contributed by atoms with van der Waals surface area (Å²) in [4.78, 5) is 2.42. The molecule has 6 nitrogen and oxygen atoms in total. The molecule has 4 rings (SSSR count). The standard InChI is InChI=1S/C20H23N5OS/c1-26-18-11-9-17(10-12-18)19-8-5-13-23(19)15-25-20(27)24(21-22-25)14-16-6-3-2-4-7-16/h2-4,6-7,9-12,19H,5,8,13-15H2,1H3. The Bertz CT molecular complexity index is 935. The van der Waals surface area contributed by atoms with Crippen LogP contribution < -0.4 is 4.74 Å². The summed E-state index contributed by atoms with van der Waals surface area (Å²) in [5.41, 5.74) is 2.47. The van der Waals surface area contributed by atoms with E-state index in [0.29, 0.717) is 24.0 Å². The van der Waals surface area contributed by atoms with Crippen molar-refractivity contribution in [2.75, 3.05) is 13.7 Å². The van der Waals surface area contributed by atoms with E-state index in [9.17, 15) is 0 Å². The lowest BCUT2D eigenvalue weighted by Crippen LogP contribution is -2.27. The third kappa shape index (κ3) is 3.94. The van der Waals surface area contributed by atoms with Crippen molar-refractivity contribution in [1.29, 1.82) is 0 Å². The third-order valence-electron chi connectivity index (χ3n) is 5.05. The van der Waals surface area contributed by atoms with Crippen LogP contribution in [0.4, 0.5) is 0 Å². The molecule has 1 aliphatic rings. The summed E-state index contributed by atoms with van der Waals surface area (Å²) < 4.78 is 9.52. The van der Waals surface area contributed by atoms with Gasteiger partial charge in [-0.05, 0) is 58.7 Å². The molecule has 0 spiro atoms. The first kappa shape index (κ1) is 17.9. The lowest BCUT2D eigenvalue weighted by Gasteiger charge is -2.24. The van der Waals surface area contributed by atoms with Crippen molar-refractivity contribution >= 4 is 12.2 Å². The van der Waals surface area contributed by atoms with Crippen LogP contribution >= 0.6 is 12.2 Å². The molecule has 2 heterocycles. The van der Waals surface area contributed by atoms with Crippen molar-refractivity contribution in [3.63, 3.8) is 0 Å². The number of benzene rings is 2. The second-order valence-electron chi connectivity index (χ2n) is 6.79. The van der Waals surface area contributed by atoms with E-state index >= 15 is 0 Å². The van der Waals surface area contributed by atoms with E-state index in [4.69, 9.17) is 17.0 Å². The lowest BCUT2D eigenvalue weighted by molar-refractivity contribution is 0.188. The number of hydrogen-bond donors (Lipinski definition) is 0. The zero-order valence-corrected chi connectivity index (χ0v) is 16.2. The van der Waals surface area contributed by atoms with E-state index in [1.165, 1.54) is 12.0 Å². The van der Waals surface area contributed by atoms with Crippen LogP contribution in [0, 0.1) is 4.77 Å². The first-order chi connectivity index (χ1) is 13.2. The summed E-state index contributed by atoms with van der Waals surface area (Å²) in [6.07, 6.45) is 2.31. The highest BCUT2D eigenvalue weighted by molar-refractivity contribution is 7.71. The minimum atomic E-state index is 0.372. The molecule has 7 heteroatoms. The predicted molar refractivity (Wildman–Crippen MR) is 106 cm³/mol. The smallest absolute Gasteiger partial charge is 0.217 e. The van der Waals surface area contributed by atoms with Gasteiger partial charge in [0.2, 0.25) is 4.77 Å². The maximum atomic E-state index is 5.60. The van der Waals surface area contributed by atoms with E-state index in [1.54, 1.807) is 11.8 Å². The molecule has 0 bridgehead atoms. The Hall–Kier alpha value is -2.51. The fraction of sp³-hybridized carbons (Fsp3) is 0.350. The Balaban J connectivity index is 1.49. The van der Waals surface area contributed by atoms with Gasteiger partial charge in [0.1, 0.15) is 5.75 Å². The molecule has 0 radical (unpaired) electrons. The van der Waals surface area contributed by atoms with Gasteiger partial charge >= 0.3 is 0 Å². The molecule has 1 saturated heterocycles. The van der Waals surface area contributed by atoms with Crippen molar-refractivity contribution in [1.82, 2.24) is 24.7 Å². The normalized spacial score (nSPS) is 17.3. The van der Waals surface area contributed by atoms with E-state index in [1.807, 2.05) is 35.0 Å². The van der Waals surface area contributed by atoms with Crippen LogP contribution in [0.5, 0.6) is 5.75 Å². The van der Waals surface area contributed by atoms with Crippen LogP contribution in [0.2, 0.25) is 0 Å². The maximum absolute atomic E-state index is 5.60. The van der Waals surface area contributed by atoms with Gasteiger partial charge in [0.15, 0.2) is 0 Å². The number of rotatable bonds is 6. The molecule has 0 amide bonds. The topological polar surface area (TPSA) is 48.1 Å². The van der Waals surface area contributed by atoms with Gasteiger partial charge in [-0.3, -0.25) is 4.90 Å². The Morgan fingerprint density at radius 2 is 1.78 bits per heavy atom. The summed E-state index contributed by atoms with van der Waals surface area (Å²) in [6.45, 7) is 2.33. The van der Waals surface area contributed by atoms with E-state index in [0.717, 1.165) is 24.3 Å². The molecule has 27 heavy (non-hydrogen) atoms. The molecule has 3 aromatic rings. The molecule has 1 aromatic heterocycles. The van der Waals surface area contributed by atoms with Gasteiger partial charge in [0.25, 0.3) is 0 Å². The summed E-state index contributed by atoms with van der Waals surface area (Å²) in [5, 5.41) is 8.55. The zero-order chi connectivity index (χ0) is 18.6. The van der Waals surface area contributed by atoms with Crippen molar-refractivity contribution in [2.24, 2.45) is 0 Å². The van der Waals surface area contributed by atoms with Gasteiger partial charge < -0.3 is 4.74 Å². The number of likely N-dealkylation sites (tertiary alicyclic amines) is 1. The van der Waals surface area contributed by atoms with Crippen LogP contribution in [0.1, 0.15) is 30.0 Å². The number of ether oxygens (including phenoxy) is 1. The van der Waals surface area contributed by atoms with E-state index in [-0.39, 0.29) is 0 Å². The van der Waals surface area contributed by atoms with Crippen molar-refractivity contribution in [3.05, 3.63) is 70.5 Å². The van der Waals surface area contributed by atoms with Crippen molar-refractivity contribution < 1.29 is 4.74 Å². The zero-order valence-electron chi connectivity index (χ0n) is 15.4. The second-order valence-corrected chi connectivity index (χ2v) is 7.15. The van der Waals surface area contributed by atoms with Crippen LogP contribution in [0.15, 0.2) is 54.6 Å². The van der Waals surface area contributed by atoms with Gasteiger partial charge in [-0.25, -0.2) is 9.36 Å². The highest BCUT2D eigenvalue weighted by atomic mass is 32.1. The highest BCUT2D eigenvalue weighted by Gasteiger charge is 2.26. The molecular formula is C20H23N5OS. The van der Waals surface area contributed by atoms with Crippen LogP contribution in [0.25, 0.3) is 0 Å². The average Bonchev–Trinajstić information content (AvgIpc) is 3.31. The quantitative estimate of drug-likeness (QED) is 0.610. The fourth-order valence-corrected chi connectivity index (χ4v) is 3.82. The molecule has 0 aliphatic carbocycles.